The van der Waals surface area contributed by atoms with Gasteiger partial charge in [-0.3, -0.25) is 4.79 Å². The van der Waals surface area contributed by atoms with Crippen molar-refractivity contribution >= 4 is 23.2 Å². The van der Waals surface area contributed by atoms with Gasteiger partial charge in [0.1, 0.15) is 5.69 Å². The zero-order valence-electron chi connectivity index (χ0n) is 10.6. The Morgan fingerprint density at radius 3 is 2.75 bits per heavy atom. The second-order valence-electron chi connectivity index (χ2n) is 3.87. The molecule has 2 aromatic rings. The number of nitrogens with zero attached hydrogens (tertiary/aromatic N) is 1. The molecule has 100 valence electrons. The number of rotatable bonds is 2. The summed E-state index contributed by atoms with van der Waals surface area (Å²) in [6, 6.07) is 10.3. The zero-order valence-corrected chi connectivity index (χ0v) is 11.3. The molecule has 3 N–H and O–H groups in total. The number of nitrogens with one attached hydrogen (secondary N) is 1. The van der Waals surface area contributed by atoms with E-state index in [0.29, 0.717) is 22.0 Å². The van der Waals surface area contributed by atoms with Crippen LogP contribution in [-0.2, 0) is 0 Å². The molecule has 0 aliphatic heterocycles. The maximum absolute atomic E-state index is 12.0. The molecule has 4 nitrogen and oxygen atoms in total. The fraction of sp³-hybridized carbons (Fsp3) is 0.0667. The standard InChI is InChI=1S/C15H12ClN3O/c16-12-5-1-2-6-13(12)19-15(20)14-8-7-11(10-18-14)4-3-9-17/h1-2,5-8,10H,9,17H2,(H,19,20). The predicted octanol–water partition coefficient (Wildman–Crippen LogP) is 2.30. The van der Waals surface area contributed by atoms with Crippen LogP contribution in [0.3, 0.4) is 0 Å². The van der Waals surface area contributed by atoms with Gasteiger partial charge in [-0.2, -0.15) is 0 Å². The summed E-state index contributed by atoms with van der Waals surface area (Å²) in [7, 11) is 0. The largest absolute Gasteiger partial charge is 0.320 e. The van der Waals surface area contributed by atoms with Crippen LogP contribution in [0.2, 0.25) is 5.02 Å². The number of hydrogen-bond acceptors (Lipinski definition) is 3. The SMILES string of the molecule is NCC#Cc1ccc(C(=O)Nc2ccccc2Cl)nc1. The number of benzene rings is 1. The highest BCUT2D eigenvalue weighted by molar-refractivity contribution is 6.33. The number of carbonyl (C=O) groups is 1. The molecular formula is C15H12ClN3O. The van der Waals surface area contributed by atoms with E-state index < -0.39 is 0 Å². The zero-order chi connectivity index (χ0) is 14.4. The van der Waals surface area contributed by atoms with Crippen molar-refractivity contribution in [2.75, 3.05) is 11.9 Å². The summed E-state index contributed by atoms with van der Waals surface area (Å²) in [6.45, 7) is 0.286. The Morgan fingerprint density at radius 1 is 1.30 bits per heavy atom. The lowest BCUT2D eigenvalue weighted by Crippen LogP contribution is -2.13. The lowest BCUT2D eigenvalue weighted by Gasteiger charge is -2.06. The number of pyridine rings is 1. The van der Waals surface area contributed by atoms with Gasteiger partial charge in [-0.15, -0.1) is 0 Å². The van der Waals surface area contributed by atoms with Crippen molar-refractivity contribution in [2.24, 2.45) is 5.73 Å². The Bertz CT molecular complexity index is 672. The van der Waals surface area contributed by atoms with Gasteiger partial charge in [0.15, 0.2) is 0 Å². The van der Waals surface area contributed by atoms with Crippen LogP contribution in [0.4, 0.5) is 5.69 Å². The van der Waals surface area contributed by atoms with Crippen molar-refractivity contribution in [1.82, 2.24) is 4.98 Å². The first-order chi connectivity index (χ1) is 9.70. The number of amides is 1. The van der Waals surface area contributed by atoms with Crippen LogP contribution in [-0.4, -0.2) is 17.4 Å². The van der Waals surface area contributed by atoms with Gasteiger partial charge in [-0.25, -0.2) is 4.98 Å². The highest BCUT2D eigenvalue weighted by Gasteiger charge is 2.09. The number of nitrogens with two attached hydrogens (primary N) is 1. The molecule has 0 saturated heterocycles. The number of carbonyl (C=O) groups excluding carboxylic acids is 1. The Hall–Kier alpha value is -2.35. The van der Waals surface area contributed by atoms with Crippen LogP contribution in [0.25, 0.3) is 0 Å². The summed E-state index contributed by atoms with van der Waals surface area (Å²) in [6.07, 6.45) is 1.53. The number of hydrogen-bond donors (Lipinski definition) is 2. The van der Waals surface area contributed by atoms with Crippen molar-refractivity contribution in [3.8, 4) is 11.8 Å². The monoisotopic (exact) mass is 285 g/mol. The molecule has 0 fully saturated rings. The lowest BCUT2D eigenvalue weighted by atomic mass is 10.2. The summed E-state index contributed by atoms with van der Waals surface area (Å²) in [5.41, 5.74) is 6.84. The predicted molar refractivity (Wildman–Crippen MR) is 79.6 cm³/mol. The highest BCUT2D eigenvalue weighted by atomic mass is 35.5. The molecular weight excluding hydrogens is 274 g/mol. The fourth-order valence-electron chi connectivity index (χ4n) is 1.50. The van der Waals surface area contributed by atoms with E-state index in [1.54, 1.807) is 36.4 Å². The van der Waals surface area contributed by atoms with Gasteiger partial charge in [0, 0.05) is 11.8 Å². The molecule has 1 aromatic heterocycles. The van der Waals surface area contributed by atoms with Crippen LogP contribution in [0.15, 0.2) is 42.6 Å². The average Bonchev–Trinajstić information content (AvgIpc) is 2.48. The van der Waals surface area contributed by atoms with Gasteiger partial charge in [0.25, 0.3) is 5.91 Å². The first-order valence-electron chi connectivity index (χ1n) is 5.91. The van der Waals surface area contributed by atoms with E-state index in [9.17, 15) is 4.79 Å². The second kappa shape index (κ2) is 6.71. The molecule has 5 heteroatoms. The van der Waals surface area contributed by atoms with E-state index in [1.165, 1.54) is 6.20 Å². The fourth-order valence-corrected chi connectivity index (χ4v) is 1.69. The molecule has 0 aliphatic rings. The summed E-state index contributed by atoms with van der Waals surface area (Å²) >= 11 is 5.97. The summed E-state index contributed by atoms with van der Waals surface area (Å²) in [5.74, 6) is 5.24. The third-order valence-corrected chi connectivity index (χ3v) is 2.78. The Labute approximate surface area is 122 Å². The van der Waals surface area contributed by atoms with Crippen LogP contribution < -0.4 is 11.1 Å². The topological polar surface area (TPSA) is 68.0 Å². The van der Waals surface area contributed by atoms with Crippen LogP contribution in [0, 0.1) is 11.8 Å². The van der Waals surface area contributed by atoms with Crippen molar-refractivity contribution in [2.45, 2.75) is 0 Å². The molecule has 0 unspecified atom stereocenters. The molecule has 2 rings (SSSR count). The van der Waals surface area contributed by atoms with E-state index in [4.69, 9.17) is 17.3 Å². The molecule has 0 spiro atoms. The normalized spacial score (nSPS) is 9.50. The molecule has 20 heavy (non-hydrogen) atoms. The molecule has 1 aromatic carbocycles. The smallest absolute Gasteiger partial charge is 0.274 e. The third kappa shape index (κ3) is 3.58. The van der Waals surface area contributed by atoms with Gasteiger partial charge in [0.05, 0.1) is 17.3 Å². The lowest BCUT2D eigenvalue weighted by molar-refractivity contribution is 0.102. The van der Waals surface area contributed by atoms with Gasteiger partial charge in [-0.1, -0.05) is 35.6 Å². The highest BCUT2D eigenvalue weighted by Crippen LogP contribution is 2.20. The van der Waals surface area contributed by atoms with Gasteiger partial charge >= 0.3 is 0 Å². The van der Waals surface area contributed by atoms with Gasteiger partial charge < -0.3 is 11.1 Å². The van der Waals surface area contributed by atoms with Gasteiger partial charge in [0.2, 0.25) is 0 Å². The number of para-hydroxylation sites is 1. The van der Waals surface area contributed by atoms with Crippen LogP contribution >= 0.6 is 11.6 Å². The first-order valence-corrected chi connectivity index (χ1v) is 6.29. The summed E-state index contributed by atoms with van der Waals surface area (Å²) < 4.78 is 0. The minimum Gasteiger partial charge on any atom is -0.320 e. The maximum Gasteiger partial charge on any atom is 0.274 e. The van der Waals surface area contributed by atoms with E-state index in [2.05, 4.69) is 22.1 Å². The Kier molecular flexibility index (Phi) is 4.72. The minimum absolute atomic E-state index is 0.286. The number of anilines is 1. The van der Waals surface area contributed by atoms with E-state index in [0.717, 1.165) is 0 Å². The van der Waals surface area contributed by atoms with E-state index >= 15 is 0 Å². The van der Waals surface area contributed by atoms with Crippen molar-refractivity contribution in [1.29, 1.82) is 0 Å². The van der Waals surface area contributed by atoms with Gasteiger partial charge in [-0.05, 0) is 24.3 Å². The van der Waals surface area contributed by atoms with Crippen LogP contribution in [0.1, 0.15) is 16.1 Å². The van der Waals surface area contributed by atoms with Crippen molar-refractivity contribution in [3.63, 3.8) is 0 Å². The summed E-state index contributed by atoms with van der Waals surface area (Å²) in [4.78, 5) is 16.1. The first kappa shape index (κ1) is 14.1. The number of halogens is 1. The average molecular weight is 286 g/mol. The molecule has 1 heterocycles. The second-order valence-corrected chi connectivity index (χ2v) is 4.28. The van der Waals surface area contributed by atoms with E-state index in [-0.39, 0.29) is 12.5 Å². The molecule has 0 aliphatic carbocycles. The molecule has 0 saturated carbocycles. The third-order valence-electron chi connectivity index (χ3n) is 2.45. The minimum atomic E-state index is -0.323. The number of aromatic nitrogens is 1. The Morgan fingerprint density at radius 2 is 2.10 bits per heavy atom. The van der Waals surface area contributed by atoms with E-state index in [1.807, 2.05) is 0 Å². The molecule has 0 atom stereocenters. The van der Waals surface area contributed by atoms with Crippen molar-refractivity contribution < 1.29 is 4.79 Å². The maximum atomic E-state index is 12.0. The van der Waals surface area contributed by atoms with Crippen molar-refractivity contribution in [3.05, 3.63) is 58.9 Å². The molecule has 0 bridgehead atoms. The quantitative estimate of drug-likeness (QED) is 0.832. The summed E-state index contributed by atoms with van der Waals surface area (Å²) in [5, 5.41) is 3.18. The van der Waals surface area contributed by atoms with Crippen LogP contribution in [0.5, 0.6) is 0 Å². The Balaban J connectivity index is 2.12. The molecule has 0 radical (unpaired) electrons. The molecule has 1 amide bonds.